The Kier molecular flexibility index (Phi) is 2.95. The van der Waals surface area contributed by atoms with E-state index >= 15 is 0 Å². The maximum Gasteiger partial charge on any atom is 0.319 e. The Balaban J connectivity index is 2.37. The molecular formula is C13H14N2O2. The van der Waals surface area contributed by atoms with Crippen LogP contribution in [-0.4, -0.2) is 17.9 Å². The van der Waals surface area contributed by atoms with Gasteiger partial charge in [-0.2, -0.15) is 0 Å². The molecule has 1 aliphatic heterocycles. The Morgan fingerprint density at radius 1 is 1.24 bits per heavy atom. The fourth-order valence-corrected chi connectivity index (χ4v) is 1.98. The van der Waals surface area contributed by atoms with E-state index in [4.69, 9.17) is 0 Å². The standard InChI is InChI=1S/C13H14N2O2/c1-8-11(9(2)15-13(17)14-8)12(16)10-6-4-3-5-7-10/h3-8H,1-2H3,(H2,14,15,17). The Bertz CT molecular complexity index is 491. The Morgan fingerprint density at radius 3 is 2.47 bits per heavy atom. The van der Waals surface area contributed by atoms with Gasteiger partial charge >= 0.3 is 6.03 Å². The van der Waals surface area contributed by atoms with Crippen molar-refractivity contribution in [1.82, 2.24) is 10.6 Å². The van der Waals surface area contributed by atoms with Gasteiger partial charge in [0.25, 0.3) is 0 Å². The summed E-state index contributed by atoms with van der Waals surface area (Å²) in [6.45, 7) is 3.55. The molecule has 1 aromatic rings. The molecule has 0 radical (unpaired) electrons. The molecule has 4 nitrogen and oxygen atoms in total. The number of benzene rings is 1. The number of carbonyl (C=O) groups is 2. The summed E-state index contributed by atoms with van der Waals surface area (Å²) in [5.41, 5.74) is 1.86. The lowest BCUT2D eigenvalue weighted by Gasteiger charge is -2.25. The quantitative estimate of drug-likeness (QED) is 0.762. The lowest BCUT2D eigenvalue weighted by atomic mass is 9.95. The summed E-state index contributed by atoms with van der Waals surface area (Å²) in [5.74, 6) is -0.0527. The number of amides is 2. The van der Waals surface area contributed by atoms with Gasteiger partial charge in [-0.05, 0) is 13.8 Å². The molecule has 1 heterocycles. The van der Waals surface area contributed by atoms with Crippen LogP contribution in [0.25, 0.3) is 0 Å². The Hall–Kier alpha value is -2.10. The monoisotopic (exact) mass is 230 g/mol. The predicted octanol–water partition coefficient (Wildman–Crippen LogP) is 1.84. The molecule has 1 atom stereocenters. The van der Waals surface area contributed by atoms with Gasteiger partial charge in [0.15, 0.2) is 5.78 Å². The Morgan fingerprint density at radius 2 is 1.88 bits per heavy atom. The summed E-state index contributed by atoms with van der Waals surface area (Å²) < 4.78 is 0. The molecule has 0 saturated carbocycles. The summed E-state index contributed by atoms with van der Waals surface area (Å²) in [6, 6.07) is 8.52. The zero-order valence-corrected chi connectivity index (χ0v) is 9.78. The molecular weight excluding hydrogens is 216 g/mol. The lowest BCUT2D eigenvalue weighted by molar-refractivity contribution is 0.102. The van der Waals surface area contributed by atoms with Crippen molar-refractivity contribution in [2.75, 3.05) is 0 Å². The van der Waals surface area contributed by atoms with Crippen molar-refractivity contribution in [3.8, 4) is 0 Å². The number of urea groups is 1. The molecule has 88 valence electrons. The van der Waals surface area contributed by atoms with Crippen molar-refractivity contribution in [2.24, 2.45) is 0 Å². The second-order valence-corrected chi connectivity index (χ2v) is 4.05. The largest absolute Gasteiger partial charge is 0.331 e. The van der Waals surface area contributed by atoms with Gasteiger partial charge in [-0.1, -0.05) is 30.3 Å². The van der Waals surface area contributed by atoms with E-state index in [0.717, 1.165) is 0 Å². The van der Waals surface area contributed by atoms with Gasteiger partial charge in [0.05, 0.1) is 6.04 Å². The predicted molar refractivity (Wildman–Crippen MR) is 64.6 cm³/mol. The lowest BCUT2D eigenvalue weighted by Crippen LogP contribution is -2.48. The summed E-state index contributed by atoms with van der Waals surface area (Å²) in [4.78, 5) is 23.5. The minimum absolute atomic E-state index is 0.0527. The molecule has 1 unspecified atom stereocenters. The highest BCUT2D eigenvalue weighted by atomic mass is 16.2. The van der Waals surface area contributed by atoms with Crippen molar-refractivity contribution in [3.05, 3.63) is 47.2 Å². The highest BCUT2D eigenvalue weighted by Crippen LogP contribution is 2.17. The van der Waals surface area contributed by atoms with Crippen LogP contribution in [0.4, 0.5) is 4.79 Å². The molecule has 0 spiro atoms. The maximum absolute atomic E-state index is 12.3. The molecule has 0 saturated heterocycles. The van der Waals surface area contributed by atoms with E-state index in [1.165, 1.54) is 0 Å². The summed E-state index contributed by atoms with van der Waals surface area (Å²) in [5, 5.41) is 5.30. The molecule has 0 aliphatic carbocycles. The second kappa shape index (κ2) is 4.41. The number of ketones is 1. The van der Waals surface area contributed by atoms with E-state index in [2.05, 4.69) is 10.6 Å². The van der Waals surface area contributed by atoms with Crippen LogP contribution >= 0.6 is 0 Å². The third kappa shape index (κ3) is 2.20. The van der Waals surface area contributed by atoms with Crippen LogP contribution in [0.3, 0.4) is 0 Å². The van der Waals surface area contributed by atoms with E-state index in [1.54, 1.807) is 26.0 Å². The topological polar surface area (TPSA) is 58.2 Å². The van der Waals surface area contributed by atoms with E-state index in [1.807, 2.05) is 18.2 Å². The van der Waals surface area contributed by atoms with Gasteiger partial charge < -0.3 is 10.6 Å². The Labute approximate surface area is 99.7 Å². The molecule has 2 rings (SSSR count). The first-order valence-electron chi connectivity index (χ1n) is 5.47. The number of Topliss-reactive ketones (excluding diaryl/α,β-unsaturated/α-hetero) is 1. The molecule has 17 heavy (non-hydrogen) atoms. The number of carbonyl (C=O) groups excluding carboxylic acids is 2. The average molecular weight is 230 g/mol. The first-order valence-corrected chi connectivity index (χ1v) is 5.47. The molecule has 2 amide bonds. The van der Waals surface area contributed by atoms with Gasteiger partial charge in [0.2, 0.25) is 0 Å². The first kappa shape index (κ1) is 11.4. The van der Waals surface area contributed by atoms with Crippen molar-refractivity contribution in [3.63, 3.8) is 0 Å². The molecule has 0 bridgehead atoms. The molecule has 1 aromatic carbocycles. The highest BCUT2D eigenvalue weighted by Gasteiger charge is 2.26. The van der Waals surface area contributed by atoms with Crippen molar-refractivity contribution in [2.45, 2.75) is 19.9 Å². The normalized spacial score (nSPS) is 19.6. The number of nitrogens with one attached hydrogen (secondary N) is 2. The van der Waals surface area contributed by atoms with Gasteiger partial charge in [0, 0.05) is 16.8 Å². The average Bonchev–Trinajstić information content (AvgIpc) is 2.28. The number of rotatable bonds is 2. The van der Waals surface area contributed by atoms with Crippen molar-refractivity contribution < 1.29 is 9.59 Å². The summed E-state index contributed by atoms with van der Waals surface area (Å²) >= 11 is 0. The van der Waals surface area contributed by atoms with E-state index in [9.17, 15) is 9.59 Å². The van der Waals surface area contributed by atoms with Crippen LogP contribution in [-0.2, 0) is 0 Å². The van der Waals surface area contributed by atoms with Crippen LogP contribution in [0, 0.1) is 0 Å². The van der Waals surface area contributed by atoms with Crippen LogP contribution in [0.2, 0.25) is 0 Å². The van der Waals surface area contributed by atoms with Gasteiger partial charge in [-0.15, -0.1) is 0 Å². The summed E-state index contributed by atoms with van der Waals surface area (Å²) in [6.07, 6.45) is 0. The number of hydrogen-bond donors (Lipinski definition) is 2. The second-order valence-electron chi connectivity index (χ2n) is 4.05. The maximum atomic E-state index is 12.3. The number of allylic oxidation sites excluding steroid dienone is 1. The van der Waals surface area contributed by atoms with E-state index < -0.39 is 0 Å². The van der Waals surface area contributed by atoms with Gasteiger partial charge in [-0.3, -0.25) is 4.79 Å². The SMILES string of the molecule is CC1=C(C(=O)c2ccccc2)C(C)NC(=O)N1. The van der Waals surface area contributed by atoms with Gasteiger partial charge in [0.1, 0.15) is 0 Å². The van der Waals surface area contributed by atoms with E-state index in [0.29, 0.717) is 16.8 Å². The zero-order valence-electron chi connectivity index (χ0n) is 9.78. The summed E-state index contributed by atoms with van der Waals surface area (Å²) in [7, 11) is 0. The fraction of sp³-hybridized carbons (Fsp3) is 0.231. The molecule has 0 fully saturated rings. The van der Waals surface area contributed by atoms with Crippen molar-refractivity contribution >= 4 is 11.8 Å². The van der Waals surface area contributed by atoms with Crippen LogP contribution in [0.15, 0.2) is 41.6 Å². The molecule has 1 aliphatic rings. The smallest absolute Gasteiger partial charge is 0.319 e. The highest BCUT2D eigenvalue weighted by molar-refractivity contribution is 6.11. The number of hydrogen-bond acceptors (Lipinski definition) is 2. The fourth-order valence-electron chi connectivity index (χ4n) is 1.98. The third-order valence-electron chi connectivity index (χ3n) is 2.77. The first-order chi connectivity index (χ1) is 8.09. The molecule has 0 aromatic heterocycles. The van der Waals surface area contributed by atoms with Gasteiger partial charge in [-0.25, -0.2) is 4.79 Å². The van der Waals surface area contributed by atoms with Crippen LogP contribution in [0.1, 0.15) is 24.2 Å². The van der Waals surface area contributed by atoms with E-state index in [-0.39, 0.29) is 17.9 Å². The minimum Gasteiger partial charge on any atom is -0.331 e. The van der Waals surface area contributed by atoms with Crippen LogP contribution in [0.5, 0.6) is 0 Å². The van der Waals surface area contributed by atoms with Crippen molar-refractivity contribution in [1.29, 1.82) is 0 Å². The zero-order chi connectivity index (χ0) is 12.4. The van der Waals surface area contributed by atoms with Crippen LogP contribution < -0.4 is 10.6 Å². The molecule has 4 heteroatoms. The molecule has 2 N–H and O–H groups in total. The third-order valence-corrected chi connectivity index (χ3v) is 2.77. The minimum atomic E-state index is -0.267.